The molecule has 2 saturated heterocycles. The molecule has 0 bridgehead atoms. The molecule has 1 aromatic carbocycles. The van der Waals surface area contributed by atoms with E-state index in [9.17, 15) is 0 Å². The maximum Gasteiger partial charge on any atom is 0.0237 e. The first-order chi connectivity index (χ1) is 11.5. The minimum Gasteiger partial charge on any atom is -0.304 e. The van der Waals surface area contributed by atoms with Crippen molar-refractivity contribution in [2.24, 2.45) is 5.92 Å². The van der Waals surface area contributed by atoms with E-state index in [1.54, 1.807) is 11.1 Å². The van der Waals surface area contributed by atoms with E-state index in [1.807, 2.05) is 0 Å². The second-order valence-corrected chi connectivity index (χ2v) is 8.27. The average molecular weight is 330 g/mol. The Morgan fingerprint density at radius 1 is 0.917 bits per heavy atom. The topological polar surface area (TPSA) is 9.72 Å². The van der Waals surface area contributed by atoms with Crippen LogP contribution in [-0.4, -0.2) is 61.0 Å². The lowest BCUT2D eigenvalue weighted by atomic mass is 9.96. The van der Waals surface area contributed by atoms with Crippen LogP contribution in [0.1, 0.15) is 42.0 Å². The minimum atomic E-state index is 0.855. The molecule has 0 spiro atoms. The van der Waals surface area contributed by atoms with Gasteiger partial charge in [-0.05, 0) is 62.9 Å². The zero-order chi connectivity index (χ0) is 17.1. The van der Waals surface area contributed by atoms with Crippen LogP contribution in [0.25, 0.3) is 0 Å². The van der Waals surface area contributed by atoms with E-state index in [1.165, 1.54) is 63.2 Å². The van der Waals surface area contributed by atoms with Crippen molar-refractivity contribution >= 4 is 0 Å². The Kier molecular flexibility index (Phi) is 5.96. The maximum atomic E-state index is 2.66. The molecule has 3 heteroatoms. The predicted octanol–water partition coefficient (Wildman–Crippen LogP) is 3.28. The lowest BCUT2D eigenvalue weighted by Crippen LogP contribution is -2.44. The molecule has 0 radical (unpaired) electrons. The number of rotatable bonds is 4. The van der Waals surface area contributed by atoms with E-state index in [-0.39, 0.29) is 0 Å². The van der Waals surface area contributed by atoms with Crippen LogP contribution >= 0.6 is 0 Å². The summed E-state index contributed by atoms with van der Waals surface area (Å²) in [5, 5.41) is 0. The van der Waals surface area contributed by atoms with Crippen molar-refractivity contribution in [1.82, 2.24) is 14.7 Å². The highest BCUT2D eigenvalue weighted by Crippen LogP contribution is 2.23. The Morgan fingerprint density at radius 3 is 2.17 bits per heavy atom. The van der Waals surface area contributed by atoms with Crippen molar-refractivity contribution in [2.75, 3.05) is 46.3 Å². The first kappa shape index (κ1) is 17.9. The second-order valence-electron chi connectivity index (χ2n) is 8.27. The van der Waals surface area contributed by atoms with Gasteiger partial charge in [-0.1, -0.05) is 24.6 Å². The van der Waals surface area contributed by atoms with Gasteiger partial charge in [0.1, 0.15) is 0 Å². The van der Waals surface area contributed by atoms with Crippen LogP contribution in [0.15, 0.2) is 12.1 Å². The molecular formula is C21H35N3. The van der Waals surface area contributed by atoms with Crippen molar-refractivity contribution in [3.05, 3.63) is 34.4 Å². The van der Waals surface area contributed by atoms with E-state index < -0.39 is 0 Å². The van der Waals surface area contributed by atoms with E-state index in [0.29, 0.717) is 0 Å². The van der Waals surface area contributed by atoms with Gasteiger partial charge in [0.05, 0.1) is 0 Å². The summed E-state index contributed by atoms with van der Waals surface area (Å²) in [6.07, 6.45) is 2.76. The molecule has 0 saturated carbocycles. The van der Waals surface area contributed by atoms with Gasteiger partial charge < -0.3 is 4.90 Å². The molecule has 2 aliphatic rings. The lowest BCUT2D eigenvalue weighted by molar-refractivity contribution is 0.147. The summed E-state index contributed by atoms with van der Waals surface area (Å²) in [6.45, 7) is 16.6. The van der Waals surface area contributed by atoms with Gasteiger partial charge in [-0.25, -0.2) is 0 Å². The largest absolute Gasteiger partial charge is 0.304 e. The molecule has 0 N–H and O–H groups in total. The van der Waals surface area contributed by atoms with Gasteiger partial charge in [-0.2, -0.15) is 0 Å². The van der Waals surface area contributed by atoms with Crippen LogP contribution in [0, 0.1) is 19.8 Å². The predicted molar refractivity (Wildman–Crippen MR) is 102 cm³/mol. The van der Waals surface area contributed by atoms with E-state index in [2.05, 4.69) is 54.7 Å². The van der Waals surface area contributed by atoms with E-state index in [4.69, 9.17) is 0 Å². The Hall–Kier alpha value is -0.900. The number of benzene rings is 1. The zero-order valence-electron chi connectivity index (χ0n) is 16.1. The number of hydrogen-bond acceptors (Lipinski definition) is 3. The van der Waals surface area contributed by atoms with Gasteiger partial charge in [0.15, 0.2) is 0 Å². The summed E-state index contributed by atoms with van der Waals surface area (Å²) in [4.78, 5) is 7.71. The number of piperidine rings is 1. The van der Waals surface area contributed by atoms with Gasteiger partial charge in [0.2, 0.25) is 0 Å². The summed E-state index contributed by atoms with van der Waals surface area (Å²) in [5.74, 6) is 0.855. The number of nitrogens with zero attached hydrogens (tertiary/aromatic N) is 3. The number of hydrogen-bond donors (Lipinski definition) is 0. The molecule has 1 aromatic rings. The van der Waals surface area contributed by atoms with Crippen LogP contribution in [0.3, 0.4) is 0 Å². The van der Waals surface area contributed by atoms with Crippen molar-refractivity contribution in [3.63, 3.8) is 0 Å². The molecule has 134 valence electrons. The average Bonchev–Trinajstić information content (AvgIpc) is 2.54. The van der Waals surface area contributed by atoms with E-state index in [0.717, 1.165) is 19.0 Å². The summed E-state index contributed by atoms with van der Waals surface area (Å²) >= 11 is 0. The quantitative estimate of drug-likeness (QED) is 0.839. The van der Waals surface area contributed by atoms with Gasteiger partial charge in [0.25, 0.3) is 0 Å². The van der Waals surface area contributed by atoms with Crippen LogP contribution in [0.5, 0.6) is 0 Å². The fourth-order valence-corrected chi connectivity index (χ4v) is 4.26. The summed E-state index contributed by atoms with van der Waals surface area (Å²) in [7, 11) is 2.23. The fourth-order valence-electron chi connectivity index (χ4n) is 4.26. The van der Waals surface area contributed by atoms with Gasteiger partial charge in [0, 0.05) is 45.8 Å². The molecule has 24 heavy (non-hydrogen) atoms. The third kappa shape index (κ3) is 4.59. The molecule has 0 aliphatic carbocycles. The Balaban J connectivity index is 1.70. The van der Waals surface area contributed by atoms with Crippen LogP contribution in [0.4, 0.5) is 0 Å². The molecule has 2 heterocycles. The Bertz CT molecular complexity index is 546. The normalized spacial score (nSPS) is 24.4. The minimum absolute atomic E-state index is 0.855. The van der Waals surface area contributed by atoms with Gasteiger partial charge in [-0.3, -0.25) is 9.80 Å². The first-order valence-electron chi connectivity index (χ1n) is 9.73. The smallest absolute Gasteiger partial charge is 0.0237 e. The molecule has 2 fully saturated rings. The van der Waals surface area contributed by atoms with Crippen LogP contribution < -0.4 is 0 Å². The molecular weight excluding hydrogens is 294 g/mol. The van der Waals surface area contributed by atoms with Crippen molar-refractivity contribution < 1.29 is 0 Å². The highest BCUT2D eigenvalue weighted by molar-refractivity contribution is 5.38. The molecule has 3 nitrogen and oxygen atoms in total. The van der Waals surface area contributed by atoms with Crippen molar-refractivity contribution in [2.45, 2.75) is 46.7 Å². The molecule has 1 unspecified atom stereocenters. The van der Waals surface area contributed by atoms with Gasteiger partial charge in [-0.15, -0.1) is 0 Å². The first-order valence-corrected chi connectivity index (χ1v) is 9.73. The zero-order valence-corrected chi connectivity index (χ0v) is 16.1. The number of likely N-dealkylation sites (tertiary alicyclic amines) is 1. The van der Waals surface area contributed by atoms with Crippen LogP contribution in [-0.2, 0) is 13.1 Å². The number of likely N-dealkylation sites (N-methyl/N-ethyl adjacent to an activating group) is 1. The lowest BCUT2D eigenvalue weighted by Gasteiger charge is -2.34. The molecule has 0 aromatic heterocycles. The monoisotopic (exact) mass is 329 g/mol. The third-order valence-corrected chi connectivity index (χ3v) is 5.89. The SMILES string of the molecule is Cc1cc(CN2CCN(C)CC2)c(C)c(CN2CCCC(C)C2)c1. The highest BCUT2D eigenvalue weighted by Gasteiger charge is 2.19. The Morgan fingerprint density at radius 2 is 1.54 bits per heavy atom. The molecule has 1 atom stereocenters. The summed E-state index contributed by atoms with van der Waals surface area (Å²) in [5.41, 5.74) is 6.04. The number of aryl methyl sites for hydroxylation is 1. The third-order valence-electron chi connectivity index (χ3n) is 5.89. The Labute approximate surface area is 148 Å². The summed E-state index contributed by atoms with van der Waals surface area (Å²) < 4.78 is 0. The second kappa shape index (κ2) is 7.99. The maximum absolute atomic E-state index is 2.66. The molecule has 3 rings (SSSR count). The van der Waals surface area contributed by atoms with Crippen molar-refractivity contribution in [1.29, 1.82) is 0 Å². The summed E-state index contributed by atoms with van der Waals surface area (Å²) in [6, 6.07) is 4.83. The molecule has 2 aliphatic heterocycles. The van der Waals surface area contributed by atoms with E-state index >= 15 is 0 Å². The number of piperazine rings is 1. The van der Waals surface area contributed by atoms with Crippen LogP contribution in [0.2, 0.25) is 0 Å². The standard InChI is InChI=1S/C21H35N3/c1-17-6-5-7-24(14-17)16-21-13-18(2)12-20(19(21)3)15-23-10-8-22(4)9-11-23/h12-13,17H,5-11,14-16H2,1-4H3. The van der Waals surface area contributed by atoms with Gasteiger partial charge >= 0.3 is 0 Å². The fraction of sp³-hybridized carbons (Fsp3) is 0.714. The highest BCUT2D eigenvalue weighted by atomic mass is 15.2. The molecule has 0 amide bonds. The van der Waals surface area contributed by atoms with Crippen molar-refractivity contribution in [3.8, 4) is 0 Å².